The lowest BCUT2D eigenvalue weighted by Gasteiger charge is -2.18. The van der Waals surface area contributed by atoms with E-state index in [0.717, 1.165) is 96.3 Å². The fraction of sp³-hybridized carbons (Fsp3) is 0.800. The maximum atomic E-state index is 12.8. The highest BCUT2D eigenvalue weighted by Crippen LogP contribution is 2.17. The molecule has 0 saturated carbocycles. The molecule has 1 unspecified atom stereocenters. The third kappa shape index (κ3) is 57.9. The number of rotatable bonds is 56. The summed E-state index contributed by atoms with van der Waals surface area (Å²) in [5.74, 6) is -0.895. The van der Waals surface area contributed by atoms with Gasteiger partial charge in [-0.2, -0.15) is 0 Å². The van der Waals surface area contributed by atoms with Crippen LogP contribution in [0.1, 0.15) is 316 Å². The molecule has 0 aliphatic rings. The van der Waals surface area contributed by atoms with Crippen LogP contribution in [-0.4, -0.2) is 37.2 Å². The fourth-order valence-electron chi connectivity index (χ4n) is 8.90. The average Bonchev–Trinajstić information content (AvgIpc) is 3.37. The number of hydrogen-bond donors (Lipinski definition) is 0. The van der Waals surface area contributed by atoms with Gasteiger partial charge in [0.15, 0.2) is 6.10 Å². The lowest BCUT2D eigenvalue weighted by molar-refractivity contribution is -0.167. The Kier molecular flexibility index (Phi) is 57.2. The average molecular weight is 994 g/mol. The Hall–Kier alpha value is -2.89. The van der Waals surface area contributed by atoms with Gasteiger partial charge in [0.2, 0.25) is 0 Å². The number of hydrogen-bond acceptors (Lipinski definition) is 6. The molecule has 0 bridgehead atoms. The number of allylic oxidation sites excluding steroid dienone is 10. The van der Waals surface area contributed by atoms with Gasteiger partial charge in [-0.25, -0.2) is 0 Å². The minimum Gasteiger partial charge on any atom is -0.462 e. The van der Waals surface area contributed by atoms with Crippen LogP contribution in [0.15, 0.2) is 60.8 Å². The van der Waals surface area contributed by atoms with Crippen LogP contribution in [0.5, 0.6) is 0 Å². The monoisotopic (exact) mass is 993 g/mol. The van der Waals surface area contributed by atoms with E-state index in [1.54, 1.807) is 0 Å². The normalized spacial score (nSPS) is 12.4. The van der Waals surface area contributed by atoms with Gasteiger partial charge in [-0.05, 0) is 83.5 Å². The number of unbranched alkanes of at least 4 members (excludes halogenated alkanes) is 35. The Morgan fingerprint density at radius 2 is 0.549 bits per heavy atom. The van der Waals surface area contributed by atoms with Crippen LogP contribution in [0.3, 0.4) is 0 Å². The van der Waals surface area contributed by atoms with Gasteiger partial charge in [0.1, 0.15) is 13.2 Å². The van der Waals surface area contributed by atoms with E-state index in [1.807, 2.05) is 0 Å². The molecular formula is C65H116O6. The second-order valence-electron chi connectivity index (χ2n) is 20.6. The van der Waals surface area contributed by atoms with Crippen molar-refractivity contribution < 1.29 is 28.6 Å². The van der Waals surface area contributed by atoms with Crippen molar-refractivity contribution in [3.05, 3.63) is 60.8 Å². The van der Waals surface area contributed by atoms with Crippen LogP contribution in [0.25, 0.3) is 0 Å². The van der Waals surface area contributed by atoms with E-state index >= 15 is 0 Å². The maximum absolute atomic E-state index is 12.8. The SMILES string of the molecule is CC/C=C\C/C=C\C/C=C\C/C=C\CCCCCCC(=O)OC(COC(=O)CCCCCCCCCCC)COC(=O)CCCCCCCCCCCCCCCCC/C=C\CCCCCCCCCC. The van der Waals surface area contributed by atoms with Crippen LogP contribution in [0, 0.1) is 0 Å². The molecular weight excluding hydrogens is 877 g/mol. The molecule has 0 amide bonds. The molecule has 0 fully saturated rings. The first-order valence-electron chi connectivity index (χ1n) is 30.8. The Labute approximate surface area is 440 Å². The first-order valence-corrected chi connectivity index (χ1v) is 30.8. The summed E-state index contributed by atoms with van der Waals surface area (Å²) in [7, 11) is 0. The molecule has 1 atom stereocenters. The summed E-state index contributed by atoms with van der Waals surface area (Å²) >= 11 is 0. The van der Waals surface area contributed by atoms with Gasteiger partial charge in [-0.3, -0.25) is 14.4 Å². The minimum absolute atomic E-state index is 0.0813. The van der Waals surface area contributed by atoms with E-state index in [1.165, 1.54) is 180 Å². The topological polar surface area (TPSA) is 78.9 Å². The van der Waals surface area contributed by atoms with Crippen molar-refractivity contribution in [3.63, 3.8) is 0 Å². The Bertz CT molecular complexity index is 1280. The number of carbonyl (C=O) groups is 3. The summed E-state index contributed by atoms with van der Waals surface area (Å²) in [6, 6.07) is 0. The molecule has 0 aromatic heterocycles. The Balaban J connectivity index is 4.17. The molecule has 0 heterocycles. The molecule has 0 aliphatic carbocycles. The standard InChI is InChI=1S/C65H116O6/c1-4-7-10-13-16-19-21-23-25-27-28-29-30-31-32-33-34-35-36-38-39-41-43-46-49-52-55-58-64(67)70-61-62(60-69-63(66)57-54-51-48-45-18-15-12-9-6-3)71-65(68)59-56-53-50-47-44-42-40-37-26-24-22-20-17-14-11-8-5-2/h8,11,17,20,24,26-28,40,42,62H,4-7,9-10,12-16,18-19,21-23,25,29-39,41,43-61H2,1-3H3/b11-8-,20-17-,26-24-,28-27-,42-40-. The molecule has 0 aromatic carbocycles. The highest BCUT2D eigenvalue weighted by molar-refractivity contribution is 5.71. The molecule has 6 nitrogen and oxygen atoms in total. The molecule has 71 heavy (non-hydrogen) atoms. The summed E-state index contributed by atoms with van der Waals surface area (Å²) in [6.07, 6.45) is 75.3. The number of carbonyl (C=O) groups excluding carboxylic acids is 3. The van der Waals surface area contributed by atoms with E-state index in [2.05, 4.69) is 81.5 Å². The van der Waals surface area contributed by atoms with Crippen molar-refractivity contribution in [1.82, 2.24) is 0 Å². The van der Waals surface area contributed by atoms with Crippen molar-refractivity contribution in [2.45, 2.75) is 322 Å². The molecule has 0 N–H and O–H groups in total. The van der Waals surface area contributed by atoms with Crippen LogP contribution >= 0.6 is 0 Å². The van der Waals surface area contributed by atoms with Crippen LogP contribution in [0.2, 0.25) is 0 Å². The predicted octanol–water partition coefficient (Wildman–Crippen LogP) is 20.8. The predicted molar refractivity (Wildman–Crippen MR) is 307 cm³/mol. The Morgan fingerprint density at radius 3 is 0.873 bits per heavy atom. The van der Waals surface area contributed by atoms with Gasteiger partial charge in [-0.1, -0.05) is 274 Å². The van der Waals surface area contributed by atoms with Gasteiger partial charge >= 0.3 is 17.9 Å². The number of ether oxygens (including phenoxy) is 3. The second-order valence-corrected chi connectivity index (χ2v) is 20.6. The van der Waals surface area contributed by atoms with E-state index < -0.39 is 6.10 Å². The first-order chi connectivity index (χ1) is 35.0. The zero-order valence-electron chi connectivity index (χ0n) is 47.2. The lowest BCUT2D eigenvalue weighted by Crippen LogP contribution is -2.30. The summed E-state index contributed by atoms with van der Waals surface area (Å²) in [5, 5.41) is 0. The van der Waals surface area contributed by atoms with Gasteiger partial charge < -0.3 is 14.2 Å². The third-order valence-electron chi connectivity index (χ3n) is 13.5. The van der Waals surface area contributed by atoms with Crippen molar-refractivity contribution in [1.29, 1.82) is 0 Å². The summed E-state index contributed by atoms with van der Waals surface area (Å²) in [4.78, 5) is 38.1. The van der Waals surface area contributed by atoms with Crippen molar-refractivity contribution in [3.8, 4) is 0 Å². The van der Waals surface area contributed by atoms with Crippen molar-refractivity contribution in [2.24, 2.45) is 0 Å². The highest BCUT2D eigenvalue weighted by Gasteiger charge is 2.19. The summed E-state index contributed by atoms with van der Waals surface area (Å²) < 4.78 is 16.8. The maximum Gasteiger partial charge on any atom is 0.306 e. The molecule has 0 aromatic rings. The molecule has 0 saturated heterocycles. The van der Waals surface area contributed by atoms with Gasteiger partial charge in [0.25, 0.3) is 0 Å². The molecule has 0 rings (SSSR count). The van der Waals surface area contributed by atoms with E-state index in [0.29, 0.717) is 19.3 Å². The highest BCUT2D eigenvalue weighted by atomic mass is 16.6. The number of esters is 3. The third-order valence-corrected chi connectivity index (χ3v) is 13.5. The zero-order valence-corrected chi connectivity index (χ0v) is 47.2. The summed E-state index contributed by atoms with van der Waals surface area (Å²) in [6.45, 7) is 6.52. The Morgan fingerprint density at radius 1 is 0.296 bits per heavy atom. The molecule has 0 radical (unpaired) electrons. The minimum atomic E-state index is -0.784. The largest absolute Gasteiger partial charge is 0.462 e. The van der Waals surface area contributed by atoms with Gasteiger partial charge in [0, 0.05) is 19.3 Å². The van der Waals surface area contributed by atoms with Crippen molar-refractivity contribution in [2.75, 3.05) is 13.2 Å². The van der Waals surface area contributed by atoms with E-state index in [-0.39, 0.29) is 31.1 Å². The van der Waals surface area contributed by atoms with Gasteiger partial charge in [-0.15, -0.1) is 0 Å². The van der Waals surface area contributed by atoms with Gasteiger partial charge in [0.05, 0.1) is 0 Å². The molecule has 6 heteroatoms. The van der Waals surface area contributed by atoms with E-state index in [9.17, 15) is 14.4 Å². The smallest absolute Gasteiger partial charge is 0.306 e. The molecule has 0 spiro atoms. The zero-order chi connectivity index (χ0) is 51.4. The van der Waals surface area contributed by atoms with E-state index in [4.69, 9.17) is 14.2 Å². The quantitative estimate of drug-likeness (QED) is 0.0261. The van der Waals surface area contributed by atoms with Crippen LogP contribution < -0.4 is 0 Å². The summed E-state index contributed by atoms with van der Waals surface area (Å²) in [5.41, 5.74) is 0. The fourth-order valence-corrected chi connectivity index (χ4v) is 8.90. The molecule has 412 valence electrons. The first kappa shape index (κ1) is 68.1. The van der Waals surface area contributed by atoms with Crippen LogP contribution in [-0.2, 0) is 28.6 Å². The molecule has 0 aliphatic heterocycles. The second kappa shape index (κ2) is 59.7. The lowest BCUT2D eigenvalue weighted by atomic mass is 10.0. The van der Waals surface area contributed by atoms with Crippen molar-refractivity contribution >= 4 is 17.9 Å². The van der Waals surface area contributed by atoms with Crippen LogP contribution in [0.4, 0.5) is 0 Å².